The van der Waals surface area contributed by atoms with Crippen LogP contribution in [0, 0.1) is 5.41 Å². The molecule has 2 aromatic rings. The van der Waals surface area contributed by atoms with Gasteiger partial charge in [-0.2, -0.15) is 0 Å². The smallest absolute Gasteiger partial charge is 0.182 e. The number of rotatable bonds is 4. The predicted molar refractivity (Wildman–Crippen MR) is 71.7 cm³/mol. The predicted octanol–water partition coefficient (Wildman–Crippen LogP) is 2.36. The maximum Gasteiger partial charge on any atom is 0.182 e. The van der Waals surface area contributed by atoms with E-state index in [9.17, 15) is 0 Å². The molecule has 5 heteroatoms. The molecule has 0 amide bonds. The minimum atomic E-state index is 0.179. The third-order valence-corrected chi connectivity index (χ3v) is 3.24. The zero-order chi connectivity index (χ0) is 13.2. The van der Waals surface area contributed by atoms with Gasteiger partial charge < -0.3 is 5.73 Å². The van der Waals surface area contributed by atoms with Gasteiger partial charge in [-0.25, -0.2) is 4.68 Å². The lowest BCUT2D eigenvalue weighted by molar-refractivity contribution is 0.279. The first kappa shape index (κ1) is 12.5. The van der Waals surface area contributed by atoms with Gasteiger partial charge in [-0.1, -0.05) is 20.8 Å². The molecular formula is C13H19N5. The molecule has 96 valence electrons. The molecule has 0 unspecified atom stereocenters. The Labute approximate surface area is 107 Å². The van der Waals surface area contributed by atoms with Crippen LogP contribution in [0.4, 0.5) is 5.69 Å². The molecule has 2 N–H and O–H groups in total. The molecule has 0 radical (unpaired) electrons. The van der Waals surface area contributed by atoms with Crippen LogP contribution in [0.15, 0.2) is 24.3 Å². The molecule has 0 aliphatic heterocycles. The lowest BCUT2D eigenvalue weighted by Gasteiger charge is -2.22. The minimum Gasteiger partial charge on any atom is -0.399 e. The Bertz CT molecular complexity index is 512. The second-order valence-corrected chi connectivity index (χ2v) is 5.30. The zero-order valence-electron chi connectivity index (χ0n) is 11.1. The summed E-state index contributed by atoms with van der Waals surface area (Å²) in [7, 11) is 0. The highest BCUT2D eigenvalue weighted by Gasteiger charge is 2.19. The molecule has 1 aromatic carbocycles. The van der Waals surface area contributed by atoms with Gasteiger partial charge in [-0.05, 0) is 46.5 Å². The Morgan fingerprint density at radius 3 is 2.50 bits per heavy atom. The molecule has 2 rings (SSSR count). The molecule has 0 saturated carbocycles. The topological polar surface area (TPSA) is 69.6 Å². The van der Waals surface area contributed by atoms with E-state index in [0.717, 1.165) is 30.0 Å². The van der Waals surface area contributed by atoms with Gasteiger partial charge >= 0.3 is 0 Å². The number of benzene rings is 1. The summed E-state index contributed by atoms with van der Waals surface area (Å²) in [6.07, 6.45) is 1.08. The van der Waals surface area contributed by atoms with E-state index in [0.29, 0.717) is 0 Å². The van der Waals surface area contributed by atoms with Crippen LogP contribution in [0.2, 0.25) is 0 Å². The van der Waals surface area contributed by atoms with Crippen LogP contribution in [-0.4, -0.2) is 20.2 Å². The highest BCUT2D eigenvalue weighted by Crippen LogP contribution is 2.25. The van der Waals surface area contributed by atoms with Crippen molar-refractivity contribution >= 4 is 5.69 Å². The Balaban J connectivity index is 2.30. The molecule has 0 aliphatic carbocycles. The minimum absolute atomic E-state index is 0.179. The van der Waals surface area contributed by atoms with E-state index in [-0.39, 0.29) is 5.41 Å². The van der Waals surface area contributed by atoms with Gasteiger partial charge in [0.2, 0.25) is 0 Å². The van der Waals surface area contributed by atoms with E-state index in [1.807, 2.05) is 28.9 Å². The summed E-state index contributed by atoms with van der Waals surface area (Å²) in [6, 6.07) is 7.60. The van der Waals surface area contributed by atoms with E-state index >= 15 is 0 Å². The standard InChI is InChI=1S/C13H19N5/c1-4-13(2,3)9-18-12(15-16-17-18)10-5-7-11(14)8-6-10/h5-8H,4,9,14H2,1-3H3. The average molecular weight is 245 g/mol. The molecule has 0 aliphatic rings. The summed E-state index contributed by atoms with van der Waals surface area (Å²) < 4.78 is 1.86. The normalized spacial score (nSPS) is 11.7. The Morgan fingerprint density at radius 1 is 1.22 bits per heavy atom. The summed E-state index contributed by atoms with van der Waals surface area (Å²) >= 11 is 0. The summed E-state index contributed by atoms with van der Waals surface area (Å²) in [5.41, 5.74) is 7.59. The molecule has 1 aromatic heterocycles. The first-order valence-corrected chi connectivity index (χ1v) is 6.14. The number of nitrogens with two attached hydrogens (primary N) is 1. The van der Waals surface area contributed by atoms with Gasteiger partial charge in [0.05, 0.1) is 6.54 Å². The molecule has 0 atom stereocenters. The van der Waals surface area contributed by atoms with Crippen molar-refractivity contribution in [1.82, 2.24) is 20.2 Å². The van der Waals surface area contributed by atoms with Gasteiger partial charge in [-0.15, -0.1) is 5.10 Å². The quantitative estimate of drug-likeness (QED) is 0.839. The van der Waals surface area contributed by atoms with Crippen LogP contribution in [0.25, 0.3) is 11.4 Å². The van der Waals surface area contributed by atoms with Crippen molar-refractivity contribution in [2.24, 2.45) is 5.41 Å². The summed E-state index contributed by atoms with van der Waals surface area (Å²) in [4.78, 5) is 0. The van der Waals surface area contributed by atoms with Crippen molar-refractivity contribution in [3.05, 3.63) is 24.3 Å². The van der Waals surface area contributed by atoms with Crippen molar-refractivity contribution in [2.45, 2.75) is 33.7 Å². The van der Waals surface area contributed by atoms with Crippen molar-refractivity contribution in [3.63, 3.8) is 0 Å². The Morgan fingerprint density at radius 2 is 1.89 bits per heavy atom. The van der Waals surface area contributed by atoms with Gasteiger partial charge in [0.25, 0.3) is 0 Å². The zero-order valence-corrected chi connectivity index (χ0v) is 11.1. The summed E-state index contributed by atoms with van der Waals surface area (Å²) in [6.45, 7) is 7.40. The monoisotopic (exact) mass is 245 g/mol. The molecule has 0 saturated heterocycles. The van der Waals surface area contributed by atoms with Crippen molar-refractivity contribution in [2.75, 3.05) is 5.73 Å². The van der Waals surface area contributed by atoms with E-state index in [1.165, 1.54) is 0 Å². The van der Waals surface area contributed by atoms with Crippen LogP contribution in [0.1, 0.15) is 27.2 Å². The third kappa shape index (κ3) is 2.67. The van der Waals surface area contributed by atoms with E-state index in [4.69, 9.17) is 5.73 Å². The number of nitrogens with zero attached hydrogens (tertiary/aromatic N) is 4. The molecule has 0 spiro atoms. The lowest BCUT2D eigenvalue weighted by Crippen LogP contribution is -2.20. The number of nitrogen functional groups attached to an aromatic ring is 1. The number of tetrazole rings is 1. The highest BCUT2D eigenvalue weighted by molar-refractivity contribution is 5.58. The maximum atomic E-state index is 5.68. The SMILES string of the molecule is CCC(C)(C)Cn1nnnc1-c1ccc(N)cc1. The number of hydrogen-bond donors (Lipinski definition) is 1. The van der Waals surface area contributed by atoms with Gasteiger partial charge in [0.1, 0.15) is 0 Å². The molecule has 18 heavy (non-hydrogen) atoms. The van der Waals surface area contributed by atoms with Crippen LogP contribution < -0.4 is 5.73 Å². The third-order valence-electron chi connectivity index (χ3n) is 3.24. The van der Waals surface area contributed by atoms with Crippen molar-refractivity contribution < 1.29 is 0 Å². The Kier molecular flexibility index (Phi) is 3.32. The summed E-state index contributed by atoms with van der Waals surface area (Å²) in [5, 5.41) is 11.9. The van der Waals surface area contributed by atoms with Gasteiger partial charge in [-0.3, -0.25) is 0 Å². The molecule has 0 bridgehead atoms. The highest BCUT2D eigenvalue weighted by atomic mass is 15.5. The lowest BCUT2D eigenvalue weighted by atomic mass is 9.90. The fraction of sp³-hybridized carbons (Fsp3) is 0.462. The van der Waals surface area contributed by atoms with Gasteiger partial charge in [0, 0.05) is 11.3 Å². The molecule has 1 heterocycles. The van der Waals surface area contributed by atoms with Gasteiger partial charge in [0.15, 0.2) is 5.82 Å². The molecular weight excluding hydrogens is 226 g/mol. The molecule has 0 fully saturated rings. The number of hydrogen-bond acceptors (Lipinski definition) is 4. The van der Waals surface area contributed by atoms with Crippen molar-refractivity contribution in [3.8, 4) is 11.4 Å². The van der Waals surface area contributed by atoms with E-state index in [2.05, 4.69) is 36.3 Å². The first-order chi connectivity index (χ1) is 8.52. The fourth-order valence-electron chi connectivity index (χ4n) is 1.67. The number of anilines is 1. The van der Waals surface area contributed by atoms with Crippen molar-refractivity contribution in [1.29, 1.82) is 0 Å². The van der Waals surface area contributed by atoms with E-state index < -0.39 is 0 Å². The number of aromatic nitrogens is 4. The second kappa shape index (κ2) is 4.76. The maximum absolute atomic E-state index is 5.68. The summed E-state index contributed by atoms with van der Waals surface area (Å²) in [5.74, 6) is 0.788. The largest absolute Gasteiger partial charge is 0.399 e. The fourth-order valence-corrected chi connectivity index (χ4v) is 1.67. The second-order valence-electron chi connectivity index (χ2n) is 5.30. The average Bonchev–Trinajstić information content (AvgIpc) is 2.77. The first-order valence-electron chi connectivity index (χ1n) is 6.14. The van der Waals surface area contributed by atoms with Crippen LogP contribution in [-0.2, 0) is 6.54 Å². The van der Waals surface area contributed by atoms with E-state index in [1.54, 1.807) is 0 Å². The molecule has 5 nitrogen and oxygen atoms in total. The van der Waals surface area contributed by atoms with Crippen LogP contribution >= 0.6 is 0 Å². The van der Waals surface area contributed by atoms with Crippen LogP contribution in [0.5, 0.6) is 0 Å². The van der Waals surface area contributed by atoms with Crippen LogP contribution in [0.3, 0.4) is 0 Å². The Hall–Kier alpha value is -1.91.